The number of fused-ring (bicyclic) bond motifs is 1. The summed E-state index contributed by atoms with van der Waals surface area (Å²) in [6, 6.07) is 10.7. The Bertz CT molecular complexity index is 1010. The molecule has 0 spiro atoms. The van der Waals surface area contributed by atoms with E-state index in [-0.39, 0.29) is 17.3 Å². The number of aromatic nitrogens is 2. The molecule has 0 atom stereocenters. The number of aromatic hydroxyl groups is 2. The van der Waals surface area contributed by atoms with Crippen LogP contribution in [0.2, 0.25) is 0 Å². The van der Waals surface area contributed by atoms with Gasteiger partial charge in [0.2, 0.25) is 5.82 Å². The van der Waals surface area contributed by atoms with Gasteiger partial charge in [-0.1, -0.05) is 12.1 Å². The number of phenols is 2. The summed E-state index contributed by atoms with van der Waals surface area (Å²) in [6.07, 6.45) is 1.27. The van der Waals surface area contributed by atoms with Crippen molar-refractivity contribution in [3.63, 3.8) is 0 Å². The fourth-order valence-corrected chi connectivity index (χ4v) is 2.03. The molecule has 0 saturated carbocycles. The minimum absolute atomic E-state index is 0.163. The van der Waals surface area contributed by atoms with Crippen molar-refractivity contribution in [2.75, 3.05) is 0 Å². The van der Waals surface area contributed by atoms with Crippen LogP contribution in [0.1, 0.15) is 16.2 Å². The number of nitrogens with zero attached hydrogens (tertiary/aromatic N) is 2. The van der Waals surface area contributed by atoms with Crippen LogP contribution in [0.4, 0.5) is 0 Å². The number of nitrogens with one attached hydrogen (secondary N) is 2. The Hall–Kier alpha value is -3.68. The highest BCUT2D eigenvalue weighted by Crippen LogP contribution is 2.23. The molecule has 120 valence electrons. The molecule has 4 N–H and O–H groups in total. The Morgan fingerprint density at radius 2 is 1.96 bits per heavy atom. The minimum atomic E-state index is -0.683. The van der Waals surface area contributed by atoms with Gasteiger partial charge in [-0.05, 0) is 35.9 Å². The lowest BCUT2D eigenvalue weighted by Crippen LogP contribution is -2.24. The van der Waals surface area contributed by atoms with Gasteiger partial charge in [-0.3, -0.25) is 9.59 Å². The second-order valence-electron chi connectivity index (χ2n) is 4.88. The van der Waals surface area contributed by atoms with Crippen LogP contribution in [-0.2, 0) is 0 Å². The van der Waals surface area contributed by atoms with Crippen LogP contribution >= 0.6 is 0 Å². The van der Waals surface area contributed by atoms with Crippen molar-refractivity contribution in [3.05, 3.63) is 64.2 Å². The monoisotopic (exact) mass is 324 g/mol. The first kappa shape index (κ1) is 15.2. The third-order valence-electron chi connectivity index (χ3n) is 3.21. The van der Waals surface area contributed by atoms with E-state index in [0.717, 1.165) is 0 Å². The molecule has 0 aliphatic heterocycles. The van der Waals surface area contributed by atoms with Crippen molar-refractivity contribution < 1.29 is 15.0 Å². The van der Waals surface area contributed by atoms with Crippen molar-refractivity contribution in [1.82, 2.24) is 15.4 Å². The Morgan fingerprint density at radius 1 is 1.17 bits per heavy atom. The summed E-state index contributed by atoms with van der Waals surface area (Å²) in [5, 5.41) is 22.7. The molecule has 24 heavy (non-hydrogen) atoms. The third kappa shape index (κ3) is 3.07. The van der Waals surface area contributed by atoms with E-state index in [1.54, 1.807) is 24.3 Å². The number of hydrogen-bond donors (Lipinski definition) is 4. The van der Waals surface area contributed by atoms with Gasteiger partial charge in [0.25, 0.3) is 5.56 Å². The Labute approximate surface area is 135 Å². The predicted molar refractivity (Wildman–Crippen MR) is 87.2 cm³/mol. The zero-order valence-electron chi connectivity index (χ0n) is 12.2. The molecule has 1 amide bonds. The lowest BCUT2D eigenvalue weighted by Gasteiger charge is -2.02. The molecule has 0 bridgehead atoms. The number of carbonyl (C=O) groups excluding carboxylic acids is 1. The summed E-state index contributed by atoms with van der Waals surface area (Å²) in [4.78, 5) is 30.4. The molecule has 0 fully saturated rings. The first-order chi connectivity index (χ1) is 11.5. The largest absolute Gasteiger partial charge is 0.504 e. The molecule has 0 aliphatic carbocycles. The maximum atomic E-state index is 12.0. The topological polar surface area (TPSA) is 128 Å². The summed E-state index contributed by atoms with van der Waals surface area (Å²) >= 11 is 0. The highest BCUT2D eigenvalue weighted by atomic mass is 16.3. The minimum Gasteiger partial charge on any atom is -0.504 e. The summed E-state index contributed by atoms with van der Waals surface area (Å²) in [5.41, 5.74) is 2.67. The standard InChI is InChI=1S/C16H12N4O4/c21-12-6-5-9(7-13(12)22)8-17-20-16(24)14-18-11-4-2-1-3-10(11)15(23)19-14/h1-8,21-22H,(H,20,24)(H,18,19,23). The number of carbonyl (C=O) groups is 1. The van der Waals surface area contributed by atoms with Crippen molar-refractivity contribution in [3.8, 4) is 11.5 Å². The van der Waals surface area contributed by atoms with E-state index in [9.17, 15) is 19.8 Å². The molecule has 8 nitrogen and oxygen atoms in total. The Balaban J connectivity index is 1.78. The molecule has 3 rings (SSSR count). The van der Waals surface area contributed by atoms with Crippen LogP contribution in [0, 0.1) is 0 Å². The van der Waals surface area contributed by atoms with Gasteiger partial charge in [0.1, 0.15) is 0 Å². The van der Waals surface area contributed by atoms with E-state index in [0.29, 0.717) is 16.5 Å². The van der Waals surface area contributed by atoms with Crippen molar-refractivity contribution in [2.45, 2.75) is 0 Å². The summed E-state index contributed by atoms with van der Waals surface area (Å²) in [7, 11) is 0. The number of rotatable bonds is 3. The van der Waals surface area contributed by atoms with E-state index in [2.05, 4.69) is 20.5 Å². The van der Waals surface area contributed by atoms with Crippen LogP contribution in [0.25, 0.3) is 10.9 Å². The van der Waals surface area contributed by atoms with Gasteiger partial charge in [0, 0.05) is 0 Å². The number of para-hydroxylation sites is 1. The molecular formula is C16H12N4O4. The molecule has 8 heteroatoms. The first-order valence-electron chi connectivity index (χ1n) is 6.89. The number of amides is 1. The maximum absolute atomic E-state index is 12.0. The lowest BCUT2D eigenvalue weighted by atomic mass is 10.2. The van der Waals surface area contributed by atoms with Gasteiger partial charge in [0.15, 0.2) is 11.5 Å². The number of aromatic amines is 1. The molecule has 0 saturated heterocycles. The smallest absolute Gasteiger partial charge is 0.307 e. The fraction of sp³-hybridized carbons (Fsp3) is 0. The van der Waals surface area contributed by atoms with Gasteiger partial charge in [-0.25, -0.2) is 10.4 Å². The second kappa shape index (κ2) is 6.21. The predicted octanol–water partition coefficient (Wildman–Crippen LogP) is 1.10. The van der Waals surface area contributed by atoms with Crippen LogP contribution in [-0.4, -0.2) is 32.3 Å². The highest BCUT2D eigenvalue weighted by molar-refractivity contribution is 5.93. The van der Waals surface area contributed by atoms with Gasteiger partial charge < -0.3 is 15.2 Å². The SMILES string of the molecule is O=C(NN=Cc1ccc(O)c(O)c1)c1nc2ccccc2c(=O)[nH]1. The third-order valence-corrected chi connectivity index (χ3v) is 3.21. The molecule has 0 unspecified atom stereocenters. The van der Waals surface area contributed by atoms with Gasteiger partial charge in [0.05, 0.1) is 17.1 Å². The number of hydrogen-bond acceptors (Lipinski definition) is 6. The van der Waals surface area contributed by atoms with Crippen molar-refractivity contribution in [2.24, 2.45) is 5.10 Å². The quantitative estimate of drug-likeness (QED) is 0.326. The van der Waals surface area contributed by atoms with E-state index in [1.807, 2.05) is 0 Å². The summed E-state index contributed by atoms with van der Waals surface area (Å²) < 4.78 is 0. The lowest BCUT2D eigenvalue weighted by molar-refractivity contribution is 0.0945. The molecule has 1 heterocycles. The molecule has 1 aromatic heterocycles. The zero-order valence-corrected chi connectivity index (χ0v) is 12.2. The van der Waals surface area contributed by atoms with Crippen LogP contribution < -0.4 is 11.0 Å². The van der Waals surface area contributed by atoms with Crippen LogP contribution in [0.3, 0.4) is 0 Å². The van der Waals surface area contributed by atoms with E-state index in [4.69, 9.17) is 0 Å². The zero-order chi connectivity index (χ0) is 17.1. The molecule has 2 aromatic carbocycles. The highest BCUT2D eigenvalue weighted by Gasteiger charge is 2.10. The number of hydrazone groups is 1. The van der Waals surface area contributed by atoms with E-state index < -0.39 is 11.5 Å². The Morgan fingerprint density at radius 3 is 2.75 bits per heavy atom. The molecular weight excluding hydrogens is 312 g/mol. The summed E-state index contributed by atoms with van der Waals surface area (Å²) in [6.45, 7) is 0. The number of H-pyrrole nitrogens is 1. The molecule has 3 aromatic rings. The van der Waals surface area contributed by atoms with Crippen LogP contribution in [0.15, 0.2) is 52.4 Å². The molecule has 0 aliphatic rings. The van der Waals surface area contributed by atoms with Gasteiger partial charge >= 0.3 is 5.91 Å². The van der Waals surface area contributed by atoms with E-state index >= 15 is 0 Å². The van der Waals surface area contributed by atoms with E-state index in [1.165, 1.54) is 24.4 Å². The Kier molecular flexibility index (Phi) is 3.94. The van der Waals surface area contributed by atoms with Crippen LogP contribution in [0.5, 0.6) is 11.5 Å². The maximum Gasteiger partial charge on any atom is 0.307 e. The number of phenolic OH excluding ortho intramolecular Hbond substituents is 2. The van der Waals surface area contributed by atoms with Gasteiger partial charge in [-0.2, -0.15) is 5.10 Å². The number of benzene rings is 2. The van der Waals surface area contributed by atoms with Crippen molar-refractivity contribution >= 4 is 23.0 Å². The van der Waals surface area contributed by atoms with Crippen molar-refractivity contribution in [1.29, 1.82) is 0 Å². The molecule has 0 radical (unpaired) electrons. The fourth-order valence-electron chi connectivity index (χ4n) is 2.03. The second-order valence-corrected chi connectivity index (χ2v) is 4.88. The first-order valence-corrected chi connectivity index (χ1v) is 6.89. The average molecular weight is 324 g/mol. The summed E-state index contributed by atoms with van der Waals surface area (Å²) in [5.74, 6) is -1.40. The average Bonchev–Trinajstić information content (AvgIpc) is 2.58. The normalized spacial score (nSPS) is 11.0. The van der Waals surface area contributed by atoms with Gasteiger partial charge in [-0.15, -0.1) is 0 Å².